The summed E-state index contributed by atoms with van der Waals surface area (Å²) in [5, 5.41) is 33.0. The van der Waals surface area contributed by atoms with Crippen molar-refractivity contribution in [3.8, 4) is 23.0 Å². The molecule has 0 aliphatic rings. The summed E-state index contributed by atoms with van der Waals surface area (Å²) in [4.78, 5) is 54.9. The zero-order chi connectivity index (χ0) is 33.8. The number of aliphatic carboxylic acids is 1. The number of nitrogens with one attached hydrogen (secondary N) is 1. The van der Waals surface area contributed by atoms with Gasteiger partial charge in [0, 0.05) is 24.3 Å². The Bertz CT molecular complexity index is 1850. The van der Waals surface area contributed by atoms with E-state index in [4.69, 9.17) is 38.6 Å². The number of hydrogen-bond donors (Lipinski definition) is 4. The number of methoxy groups -OCH3 is 2. The number of fused-ring (bicyclic) bond motifs is 2. The zero-order valence-corrected chi connectivity index (χ0v) is 27.7. The molecule has 0 amide bonds. The molecule has 0 radical (unpaired) electrons. The normalized spacial score (nSPS) is 9.85. The zero-order valence-electron chi connectivity index (χ0n) is 25.7. The fourth-order valence-electron chi connectivity index (χ4n) is 4.24. The van der Waals surface area contributed by atoms with Crippen molar-refractivity contribution in [3.63, 3.8) is 0 Å². The number of aryl methyl sites for hydroxylation is 2. The van der Waals surface area contributed by atoms with Crippen LogP contribution in [0.5, 0.6) is 23.0 Å². The third-order valence-corrected chi connectivity index (χ3v) is 6.13. The maximum Gasteiger partial charge on any atom is 1.00 e. The number of rotatable bonds is 9. The number of carbonyl (C=O) groups excluding carboxylic acids is 1. The molecule has 0 saturated heterocycles. The largest absolute Gasteiger partial charge is 1.00 e. The van der Waals surface area contributed by atoms with Crippen LogP contribution < -0.4 is 55.8 Å². The van der Waals surface area contributed by atoms with E-state index in [-0.39, 0.29) is 76.4 Å². The van der Waals surface area contributed by atoms with Gasteiger partial charge < -0.3 is 43.9 Å². The quantitative estimate of drug-likeness (QED) is 0.0481. The minimum absolute atomic E-state index is 0. The van der Waals surface area contributed by atoms with Crippen molar-refractivity contribution in [1.82, 2.24) is 5.53 Å². The number of carboxylic acid groups (broad SMARTS) is 1. The number of nitroso groups, excluding NO2 is 1. The van der Waals surface area contributed by atoms with Gasteiger partial charge in [-0.3, -0.25) is 20.3 Å². The van der Waals surface area contributed by atoms with Gasteiger partial charge >= 0.3 is 52.7 Å². The van der Waals surface area contributed by atoms with Crippen molar-refractivity contribution in [2.45, 2.75) is 33.6 Å². The molecule has 240 valence electrons. The molecule has 0 fully saturated rings. The number of aromatic hydroxyl groups is 2. The first-order chi connectivity index (χ1) is 21.3. The number of carboxylic acids is 1. The molecule has 46 heavy (non-hydrogen) atoms. The van der Waals surface area contributed by atoms with Crippen LogP contribution in [0, 0.1) is 18.8 Å². The van der Waals surface area contributed by atoms with Gasteiger partial charge in [-0.15, -0.1) is 4.91 Å². The van der Waals surface area contributed by atoms with Gasteiger partial charge in [0.15, 0.2) is 0 Å². The van der Waals surface area contributed by atoms with Crippen LogP contribution in [0.3, 0.4) is 0 Å². The van der Waals surface area contributed by atoms with Crippen molar-refractivity contribution in [2.75, 3.05) is 20.8 Å². The Morgan fingerprint density at radius 3 is 1.63 bits per heavy atom. The van der Waals surface area contributed by atoms with Gasteiger partial charge in [-0.2, -0.15) is 0 Å². The number of phenols is 2. The Labute approximate surface area is 281 Å². The Morgan fingerprint density at radius 2 is 1.30 bits per heavy atom. The van der Waals surface area contributed by atoms with E-state index in [0.717, 1.165) is 0 Å². The van der Waals surface area contributed by atoms with Gasteiger partial charge in [-0.1, -0.05) is 0 Å². The second-order valence-corrected chi connectivity index (χ2v) is 8.87. The van der Waals surface area contributed by atoms with Crippen LogP contribution in [0.1, 0.15) is 29.2 Å². The minimum atomic E-state index is -1.12. The van der Waals surface area contributed by atoms with E-state index < -0.39 is 29.6 Å². The molecule has 0 aliphatic heterocycles. The van der Waals surface area contributed by atoms with Gasteiger partial charge in [0.25, 0.3) is 0 Å². The van der Waals surface area contributed by atoms with Crippen molar-refractivity contribution < 1.29 is 77.5 Å². The van der Waals surface area contributed by atoms with Crippen molar-refractivity contribution in [2.24, 2.45) is 10.5 Å². The molecule has 2 aromatic heterocycles. The molecule has 0 bridgehead atoms. The minimum Gasteiger partial charge on any atom is -0.508 e. The summed E-state index contributed by atoms with van der Waals surface area (Å²) in [6.45, 7) is 5.26. The first-order valence-electron chi connectivity index (χ1n) is 12.8. The van der Waals surface area contributed by atoms with E-state index in [0.29, 0.717) is 33.4 Å². The Morgan fingerprint density at radius 1 is 0.870 bits per heavy atom. The Hall–Kier alpha value is -5.00. The summed E-state index contributed by atoms with van der Waals surface area (Å²) in [6.07, 6.45) is -0.587. The maximum absolute atomic E-state index is 12.0. The van der Waals surface area contributed by atoms with E-state index >= 15 is 0 Å². The summed E-state index contributed by atoms with van der Waals surface area (Å²) in [7, 11) is 2.86. The molecule has 0 aliphatic carbocycles. The van der Waals surface area contributed by atoms with E-state index in [2.05, 4.69) is 5.22 Å². The average Bonchev–Trinajstić information content (AvgIpc) is 2.97. The third-order valence-electron chi connectivity index (χ3n) is 6.13. The van der Waals surface area contributed by atoms with Crippen LogP contribution in [0.15, 0.2) is 53.2 Å². The topological polar surface area (TPSA) is 259 Å². The third kappa shape index (κ3) is 9.75. The molecular formula is C28H29N4NaO13. The smallest absolute Gasteiger partial charge is 0.508 e. The molecule has 4 aromatic rings. The summed E-state index contributed by atoms with van der Waals surface area (Å²) in [6, 6.07) is 5.42. The van der Waals surface area contributed by atoms with Crippen LogP contribution in [0.25, 0.3) is 27.5 Å². The molecule has 4 N–H and O–H groups in total. The Kier molecular flexibility index (Phi) is 15.3. The Balaban J connectivity index is 0.000000395. The molecule has 0 unspecified atom stereocenters. The number of carbonyl (C=O) groups is 2. The fourth-order valence-corrected chi connectivity index (χ4v) is 4.24. The predicted octanol–water partition coefficient (Wildman–Crippen LogP) is 0.562. The predicted molar refractivity (Wildman–Crippen MR) is 157 cm³/mol. The SMILES string of the molecule is CCOC(=O)Cc1c(C)c2c(OC)cc(O)cc2oc1=O.COc1cc(O)cc2oc(=O)c(CC(=O)O)c(C)c12.[N-]=NNN=O.[Na+]. The van der Waals surface area contributed by atoms with Gasteiger partial charge in [0.2, 0.25) is 0 Å². The number of nitrogens with zero attached hydrogens (tertiary/aromatic N) is 3. The van der Waals surface area contributed by atoms with Gasteiger partial charge in [0.05, 0.1) is 55.6 Å². The van der Waals surface area contributed by atoms with Gasteiger partial charge in [-0.25, -0.2) is 9.59 Å². The van der Waals surface area contributed by atoms with Crippen LogP contribution in [-0.4, -0.2) is 48.1 Å². The molecule has 0 saturated carbocycles. The molecule has 2 heterocycles. The standard InChI is InChI=1S/C15H16O6.C13H12O6.HN4O.Na/c1-4-20-13(17)7-10-8(2)14-11(19-3)5-9(16)6-12(14)21-15(10)18;1-6-8(5-11(15)16)13(17)19-10-4-7(14)3-9(18-2)12(6)10;1-2-3-4-5;/h5-6,16H,4,7H2,1-3H3;3-4,14H,5H2,1-2H3,(H,15,16);(H-,1,3,5);/q;;-1;+1. The van der Waals surface area contributed by atoms with Crippen molar-refractivity contribution >= 4 is 33.9 Å². The number of benzene rings is 2. The molecular weight excluding hydrogens is 623 g/mol. The van der Waals surface area contributed by atoms with E-state index in [9.17, 15) is 29.4 Å². The van der Waals surface area contributed by atoms with Crippen LogP contribution in [-0.2, 0) is 27.2 Å². The van der Waals surface area contributed by atoms with Crippen LogP contribution >= 0.6 is 0 Å². The maximum atomic E-state index is 12.0. The van der Waals surface area contributed by atoms with E-state index in [1.807, 2.05) is 5.29 Å². The molecule has 17 nitrogen and oxygen atoms in total. The van der Waals surface area contributed by atoms with Gasteiger partial charge in [-0.05, 0) is 37.2 Å². The number of ether oxygens (including phenoxy) is 3. The van der Waals surface area contributed by atoms with Gasteiger partial charge in [0.1, 0.15) is 34.2 Å². The first kappa shape index (κ1) is 39.0. The van der Waals surface area contributed by atoms with Crippen LogP contribution in [0.2, 0.25) is 0 Å². The first-order valence-corrected chi connectivity index (χ1v) is 12.8. The summed E-state index contributed by atoms with van der Waals surface area (Å²) in [5.41, 5.74) is 9.02. The molecule has 0 spiro atoms. The monoisotopic (exact) mass is 652 g/mol. The summed E-state index contributed by atoms with van der Waals surface area (Å²) >= 11 is 0. The van der Waals surface area contributed by atoms with E-state index in [1.54, 1.807) is 20.8 Å². The molecule has 0 atom stereocenters. The summed E-state index contributed by atoms with van der Waals surface area (Å²) < 4.78 is 25.4. The average molecular weight is 653 g/mol. The number of hydrogen-bond acceptors (Lipinski definition) is 14. The second-order valence-electron chi connectivity index (χ2n) is 8.87. The van der Waals surface area contributed by atoms with Crippen molar-refractivity contribution in [1.29, 1.82) is 0 Å². The van der Waals surface area contributed by atoms with Crippen LogP contribution in [0.4, 0.5) is 0 Å². The van der Waals surface area contributed by atoms with E-state index in [1.165, 1.54) is 44.0 Å². The molecule has 2 aromatic carbocycles. The number of esters is 1. The summed E-state index contributed by atoms with van der Waals surface area (Å²) in [5.74, 6) is -1.09. The fraction of sp³-hybridized carbons (Fsp3) is 0.286. The molecule has 4 rings (SSSR count). The molecule has 18 heteroatoms. The number of phenolic OH excluding ortho intramolecular Hbond substituents is 2. The second kappa shape index (κ2) is 18.1. The van der Waals surface area contributed by atoms with Crippen molar-refractivity contribution in [3.05, 3.63) is 77.8 Å².